The van der Waals surface area contributed by atoms with Crippen molar-refractivity contribution in [3.05, 3.63) is 59.7 Å². The summed E-state index contributed by atoms with van der Waals surface area (Å²) < 4.78 is 18.6. The van der Waals surface area contributed by atoms with Gasteiger partial charge in [0.25, 0.3) is 0 Å². The Balaban J connectivity index is 1.56. The average Bonchev–Trinajstić information content (AvgIpc) is 3.27. The Labute approximate surface area is 185 Å². The van der Waals surface area contributed by atoms with Crippen molar-refractivity contribution in [2.24, 2.45) is 0 Å². The standard InChI is InChI=1S/C23H24FN5O3/c1-29(14-21(31)26-16-7-5-15(24)6-8-16)23-18-3-2-4-19(18)27-22(28-23)20-13-17(9-10-25-20)32-12-11-30/h5-10,13,30H,2-4,11-12,14H2,1H3,(H,26,31). The summed E-state index contributed by atoms with van der Waals surface area (Å²) in [4.78, 5) is 28.1. The number of benzene rings is 1. The van der Waals surface area contributed by atoms with Crippen molar-refractivity contribution in [1.82, 2.24) is 15.0 Å². The highest BCUT2D eigenvalue weighted by molar-refractivity contribution is 5.94. The van der Waals surface area contributed by atoms with Crippen LogP contribution >= 0.6 is 0 Å². The van der Waals surface area contributed by atoms with Gasteiger partial charge in [0.2, 0.25) is 5.91 Å². The number of aliphatic hydroxyl groups excluding tert-OH is 1. The molecule has 0 saturated carbocycles. The fourth-order valence-electron chi connectivity index (χ4n) is 3.65. The second-order valence-corrected chi connectivity index (χ2v) is 7.51. The van der Waals surface area contributed by atoms with Gasteiger partial charge < -0.3 is 20.1 Å². The van der Waals surface area contributed by atoms with Crippen LogP contribution in [-0.2, 0) is 17.6 Å². The van der Waals surface area contributed by atoms with E-state index in [0.717, 1.165) is 30.5 Å². The number of likely N-dealkylation sites (N-methyl/N-ethyl adjacent to an activating group) is 1. The normalized spacial score (nSPS) is 12.3. The van der Waals surface area contributed by atoms with Gasteiger partial charge in [-0.15, -0.1) is 0 Å². The van der Waals surface area contributed by atoms with Gasteiger partial charge in [-0.1, -0.05) is 0 Å². The van der Waals surface area contributed by atoms with Crippen molar-refractivity contribution in [1.29, 1.82) is 0 Å². The van der Waals surface area contributed by atoms with Crippen molar-refractivity contribution in [3.63, 3.8) is 0 Å². The van der Waals surface area contributed by atoms with Crippen LogP contribution in [0.1, 0.15) is 17.7 Å². The summed E-state index contributed by atoms with van der Waals surface area (Å²) in [5.41, 5.74) is 3.08. The number of hydrogen-bond donors (Lipinski definition) is 2. The highest BCUT2D eigenvalue weighted by atomic mass is 19.1. The zero-order valence-corrected chi connectivity index (χ0v) is 17.7. The number of carbonyl (C=O) groups is 1. The minimum Gasteiger partial charge on any atom is -0.491 e. The molecule has 2 N–H and O–H groups in total. The summed E-state index contributed by atoms with van der Waals surface area (Å²) in [6.07, 6.45) is 4.28. The predicted molar refractivity (Wildman–Crippen MR) is 118 cm³/mol. The fourth-order valence-corrected chi connectivity index (χ4v) is 3.65. The molecule has 2 aromatic heterocycles. The average molecular weight is 437 g/mol. The second kappa shape index (κ2) is 9.69. The first kappa shape index (κ1) is 21.6. The van der Waals surface area contributed by atoms with Crippen molar-refractivity contribution >= 4 is 17.4 Å². The molecule has 166 valence electrons. The number of aryl methyl sites for hydroxylation is 1. The maximum atomic E-state index is 13.1. The van der Waals surface area contributed by atoms with E-state index < -0.39 is 0 Å². The minimum atomic E-state index is -0.358. The molecule has 1 aliphatic rings. The van der Waals surface area contributed by atoms with E-state index in [0.29, 0.717) is 28.8 Å². The number of ether oxygens (including phenoxy) is 1. The number of amides is 1. The number of anilines is 2. The molecule has 0 aliphatic heterocycles. The lowest BCUT2D eigenvalue weighted by Gasteiger charge is -2.21. The van der Waals surface area contributed by atoms with Crippen LogP contribution < -0.4 is 15.0 Å². The van der Waals surface area contributed by atoms with Crippen LogP contribution in [0.2, 0.25) is 0 Å². The van der Waals surface area contributed by atoms with Gasteiger partial charge in [0, 0.05) is 36.3 Å². The molecule has 0 atom stereocenters. The molecule has 0 fully saturated rings. The molecule has 8 nitrogen and oxygen atoms in total. The highest BCUT2D eigenvalue weighted by Crippen LogP contribution is 2.31. The lowest BCUT2D eigenvalue weighted by molar-refractivity contribution is -0.114. The summed E-state index contributed by atoms with van der Waals surface area (Å²) >= 11 is 0. The molecule has 1 aromatic carbocycles. The van der Waals surface area contributed by atoms with Crippen molar-refractivity contribution in [2.45, 2.75) is 19.3 Å². The van der Waals surface area contributed by atoms with E-state index in [1.807, 2.05) is 7.05 Å². The monoisotopic (exact) mass is 437 g/mol. The first-order valence-electron chi connectivity index (χ1n) is 10.4. The molecule has 32 heavy (non-hydrogen) atoms. The molecular weight excluding hydrogens is 413 g/mol. The van der Waals surface area contributed by atoms with Crippen LogP contribution in [0.5, 0.6) is 5.75 Å². The number of nitrogens with one attached hydrogen (secondary N) is 1. The zero-order valence-electron chi connectivity index (χ0n) is 17.7. The number of carbonyl (C=O) groups excluding carboxylic acids is 1. The molecule has 2 heterocycles. The summed E-state index contributed by atoms with van der Waals surface area (Å²) in [6.45, 7) is 0.181. The molecule has 9 heteroatoms. The van der Waals surface area contributed by atoms with Crippen molar-refractivity contribution in [2.75, 3.05) is 37.0 Å². The number of nitrogens with zero attached hydrogens (tertiary/aromatic N) is 4. The Morgan fingerprint density at radius 2 is 2.03 bits per heavy atom. The SMILES string of the molecule is CN(CC(=O)Nc1ccc(F)cc1)c1nc(-c2cc(OCCO)ccn2)nc2c1CCC2. The number of hydrogen-bond acceptors (Lipinski definition) is 7. The number of halogens is 1. The van der Waals surface area contributed by atoms with Crippen LogP contribution in [-0.4, -0.2) is 52.8 Å². The van der Waals surface area contributed by atoms with Crippen LogP contribution in [0.4, 0.5) is 15.9 Å². The summed E-state index contributed by atoms with van der Waals surface area (Å²) in [5.74, 6) is 1.13. The van der Waals surface area contributed by atoms with Gasteiger partial charge in [-0.25, -0.2) is 14.4 Å². The lowest BCUT2D eigenvalue weighted by atomic mass is 10.2. The van der Waals surface area contributed by atoms with Crippen molar-refractivity contribution < 1.29 is 19.0 Å². The smallest absolute Gasteiger partial charge is 0.243 e. The number of aromatic nitrogens is 3. The van der Waals surface area contributed by atoms with E-state index in [9.17, 15) is 9.18 Å². The van der Waals surface area contributed by atoms with E-state index in [2.05, 4.69) is 10.3 Å². The van der Waals surface area contributed by atoms with Crippen LogP contribution in [0.15, 0.2) is 42.6 Å². The van der Waals surface area contributed by atoms with Gasteiger partial charge in [-0.05, 0) is 49.6 Å². The topological polar surface area (TPSA) is 100 Å². The predicted octanol–water partition coefficient (Wildman–Crippen LogP) is 2.61. The van der Waals surface area contributed by atoms with Gasteiger partial charge in [0.05, 0.1) is 13.2 Å². The minimum absolute atomic E-state index is 0.0767. The molecule has 1 aliphatic carbocycles. The third-order valence-corrected chi connectivity index (χ3v) is 5.10. The first-order valence-corrected chi connectivity index (χ1v) is 10.4. The number of rotatable bonds is 8. The van der Waals surface area contributed by atoms with Gasteiger partial charge in [-0.2, -0.15) is 0 Å². The molecule has 1 amide bonds. The summed E-state index contributed by atoms with van der Waals surface area (Å²) in [7, 11) is 1.81. The Bertz CT molecular complexity index is 1110. The largest absolute Gasteiger partial charge is 0.491 e. The molecule has 4 rings (SSSR count). The Morgan fingerprint density at radius 3 is 2.81 bits per heavy atom. The Morgan fingerprint density at radius 1 is 1.22 bits per heavy atom. The lowest BCUT2D eigenvalue weighted by Crippen LogP contribution is -2.31. The molecule has 0 saturated heterocycles. The van der Waals surface area contributed by atoms with Crippen molar-refractivity contribution in [3.8, 4) is 17.3 Å². The molecule has 3 aromatic rings. The van der Waals surface area contributed by atoms with E-state index in [1.54, 1.807) is 23.2 Å². The van der Waals surface area contributed by atoms with Crippen LogP contribution in [0, 0.1) is 5.82 Å². The highest BCUT2D eigenvalue weighted by Gasteiger charge is 2.23. The van der Waals surface area contributed by atoms with Gasteiger partial charge in [-0.3, -0.25) is 9.78 Å². The fraction of sp³-hybridized carbons (Fsp3) is 0.304. The second-order valence-electron chi connectivity index (χ2n) is 7.51. The third kappa shape index (κ3) is 5.00. The van der Waals surface area contributed by atoms with E-state index in [4.69, 9.17) is 19.8 Å². The van der Waals surface area contributed by atoms with Crippen LogP contribution in [0.3, 0.4) is 0 Å². The van der Waals surface area contributed by atoms with Gasteiger partial charge in [0.1, 0.15) is 29.7 Å². The molecule has 0 radical (unpaired) electrons. The van der Waals surface area contributed by atoms with E-state index in [-0.39, 0.29) is 31.5 Å². The number of aliphatic hydroxyl groups is 1. The molecule has 0 unspecified atom stereocenters. The maximum Gasteiger partial charge on any atom is 0.243 e. The van der Waals surface area contributed by atoms with Gasteiger partial charge >= 0.3 is 0 Å². The van der Waals surface area contributed by atoms with E-state index in [1.165, 1.54) is 24.3 Å². The Hall–Kier alpha value is -3.59. The quantitative estimate of drug-likeness (QED) is 0.559. The molecular formula is C23H24FN5O3. The van der Waals surface area contributed by atoms with Gasteiger partial charge in [0.15, 0.2) is 5.82 Å². The number of fused-ring (bicyclic) bond motifs is 1. The van der Waals surface area contributed by atoms with E-state index >= 15 is 0 Å². The van der Waals surface area contributed by atoms with Crippen LogP contribution in [0.25, 0.3) is 11.5 Å². The Kier molecular flexibility index (Phi) is 6.55. The molecule has 0 bridgehead atoms. The zero-order chi connectivity index (χ0) is 22.5. The summed E-state index contributed by atoms with van der Waals surface area (Å²) in [5, 5.41) is 11.7. The maximum absolute atomic E-state index is 13.1. The summed E-state index contributed by atoms with van der Waals surface area (Å²) in [6, 6.07) is 9.08. The third-order valence-electron chi connectivity index (χ3n) is 5.10. The first-order chi connectivity index (χ1) is 15.5. The molecule has 0 spiro atoms. The number of pyridine rings is 1.